The van der Waals surface area contributed by atoms with Crippen LogP contribution in [0.1, 0.15) is 67.2 Å². The first-order chi connectivity index (χ1) is 7.18. The molecule has 0 heterocycles. The maximum atomic E-state index is 9.95. The van der Waals surface area contributed by atoms with Gasteiger partial charge in [-0.25, -0.2) is 9.78 Å². The van der Waals surface area contributed by atoms with Crippen LogP contribution in [-0.2, 0) is 9.78 Å². The van der Waals surface area contributed by atoms with Crippen LogP contribution in [0.15, 0.2) is 0 Å². The van der Waals surface area contributed by atoms with Crippen molar-refractivity contribution >= 4 is 0 Å². The minimum absolute atomic E-state index is 0.337. The minimum Gasteiger partial charge on any atom is -0.363 e. The van der Waals surface area contributed by atoms with Crippen molar-refractivity contribution in [1.29, 1.82) is 0 Å². The second kappa shape index (κ2) is 6.58. The van der Waals surface area contributed by atoms with Crippen molar-refractivity contribution < 1.29 is 14.9 Å². The molecular formula is C13H28O3. The van der Waals surface area contributed by atoms with Gasteiger partial charge in [-0.3, -0.25) is 0 Å². The van der Waals surface area contributed by atoms with Gasteiger partial charge in [0.2, 0.25) is 0 Å². The molecule has 0 saturated carbocycles. The molecule has 0 saturated heterocycles. The van der Waals surface area contributed by atoms with Gasteiger partial charge >= 0.3 is 0 Å². The zero-order valence-corrected chi connectivity index (χ0v) is 11.7. The van der Waals surface area contributed by atoms with Crippen LogP contribution in [-0.4, -0.2) is 16.5 Å². The van der Waals surface area contributed by atoms with E-state index in [4.69, 9.17) is 9.78 Å². The standard InChI is InChI=1S/C13H28O3/c1-7-9-12(4,5)15-16-13(6,14)10-8-11(2)3/h11,14H,7-10H2,1-6H3. The lowest BCUT2D eigenvalue weighted by Crippen LogP contribution is -2.34. The highest BCUT2D eigenvalue weighted by Gasteiger charge is 2.27. The SMILES string of the molecule is CCCC(C)(C)OOC(C)(O)CCC(C)C. The summed E-state index contributed by atoms with van der Waals surface area (Å²) in [5.41, 5.74) is -0.337. The molecule has 3 nitrogen and oxygen atoms in total. The molecule has 0 bridgehead atoms. The maximum Gasteiger partial charge on any atom is 0.196 e. The second-order valence-electron chi connectivity index (χ2n) is 5.78. The largest absolute Gasteiger partial charge is 0.363 e. The van der Waals surface area contributed by atoms with Gasteiger partial charge in [0.15, 0.2) is 5.79 Å². The topological polar surface area (TPSA) is 38.7 Å². The van der Waals surface area contributed by atoms with Crippen molar-refractivity contribution in [3.05, 3.63) is 0 Å². The van der Waals surface area contributed by atoms with Crippen molar-refractivity contribution in [3.8, 4) is 0 Å². The third kappa shape index (κ3) is 8.08. The van der Waals surface area contributed by atoms with Crippen LogP contribution in [0.5, 0.6) is 0 Å². The molecule has 0 amide bonds. The van der Waals surface area contributed by atoms with E-state index in [1.807, 2.05) is 13.8 Å². The van der Waals surface area contributed by atoms with E-state index in [1.54, 1.807) is 6.92 Å². The molecule has 3 heteroatoms. The average Bonchev–Trinajstić information content (AvgIpc) is 2.13. The van der Waals surface area contributed by atoms with Crippen molar-refractivity contribution in [3.63, 3.8) is 0 Å². The van der Waals surface area contributed by atoms with E-state index in [0.717, 1.165) is 19.3 Å². The fraction of sp³-hybridized carbons (Fsp3) is 1.00. The Labute approximate surface area is 100 Å². The van der Waals surface area contributed by atoms with E-state index in [-0.39, 0.29) is 5.60 Å². The Bertz CT molecular complexity index is 186. The molecule has 0 aliphatic rings. The summed E-state index contributed by atoms with van der Waals surface area (Å²) in [4.78, 5) is 10.5. The van der Waals surface area contributed by atoms with E-state index in [0.29, 0.717) is 12.3 Å². The molecule has 0 aliphatic heterocycles. The highest BCUT2D eigenvalue weighted by atomic mass is 17.2. The van der Waals surface area contributed by atoms with Crippen molar-refractivity contribution in [1.82, 2.24) is 0 Å². The Morgan fingerprint density at radius 3 is 2.06 bits per heavy atom. The van der Waals surface area contributed by atoms with Crippen LogP contribution in [0.2, 0.25) is 0 Å². The zero-order valence-electron chi connectivity index (χ0n) is 11.7. The molecule has 0 aromatic carbocycles. The summed E-state index contributed by atoms with van der Waals surface area (Å²) in [6.07, 6.45) is 3.45. The lowest BCUT2D eigenvalue weighted by atomic mass is 10.0. The van der Waals surface area contributed by atoms with E-state index >= 15 is 0 Å². The summed E-state index contributed by atoms with van der Waals surface area (Å²) in [5, 5.41) is 9.95. The van der Waals surface area contributed by atoms with Crippen LogP contribution in [0, 0.1) is 5.92 Å². The smallest absolute Gasteiger partial charge is 0.196 e. The molecule has 98 valence electrons. The minimum atomic E-state index is -1.19. The van der Waals surface area contributed by atoms with Crippen LogP contribution in [0.25, 0.3) is 0 Å². The number of hydrogen-bond acceptors (Lipinski definition) is 3. The first-order valence-electron chi connectivity index (χ1n) is 6.28. The Hall–Kier alpha value is -0.120. The van der Waals surface area contributed by atoms with E-state index in [2.05, 4.69) is 20.8 Å². The Morgan fingerprint density at radius 2 is 1.62 bits per heavy atom. The summed E-state index contributed by atoms with van der Waals surface area (Å²) in [5.74, 6) is -0.631. The number of aliphatic hydroxyl groups is 1. The Morgan fingerprint density at radius 1 is 1.06 bits per heavy atom. The fourth-order valence-electron chi connectivity index (χ4n) is 1.44. The Kier molecular flexibility index (Phi) is 6.53. The molecule has 0 rings (SSSR count). The zero-order chi connectivity index (χ0) is 12.8. The van der Waals surface area contributed by atoms with Gasteiger partial charge in [-0.1, -0.05) is 27.2 Å². The van der Waals surface area contributed by atoms with Gasteiger partial charge in [-0.15, -0.1) is 0 Å². The molecule has 1 unspecified atom stereocenters. The number of hydrogen-bond donors (Lipinski definition) is 1. The first kappa shape index (κ1) is 15.9. The molecule has 0 spiro atoms. The van der Waals surface area contributed by atoms with Crippen LogP contribution in [0.4, 0.5) is 0 Å². The van der Waals surface area contributed by atoms with E-state index in [9.17, 15) is 5.11 Å². The highest BCUT2D eigenvalue weighted by molar-refractivity contribution is 4.66. The lowest BCUT2D eigenvalue weighted by Gasteiger charge is -2.29. The van der Waals surface area contributed by atoms with Crippen LogP contribution >= 0.6 is 0 Å². The predicted octanol–water partition coefficient (Wildman–Crippen LogP) is 3.66. The molecule has 0 fully saturated rings. The van der Waals surface area contributed by atoms with Gasteiger partial charge in [0.1, 0.15) is 0 Å². The lowest BCUT2D eigenvalue weighted by molar-refractivity contribution is -0.451. The monoisotopic (exact) mass is 232 g/mol. The van der Waals surface area contributed by atoms with Crippen molar-refractivity contribution in [2.24, 2.45) is 5.92 Å². The van der Waals surface area contributed by atoms with Gasteiger partial charge in [0, 0.05) is 6.42 Å². The molecule has 0 aromatic heterocycles. The summed E-state index contributed by atoms with van der Waals surface area (Å²) >= 11 is 0. The third-order valence-corrected chi connectivity index (χ3v) is 2.48. The summed E-state index contributed by atoms with van der Waals surface area (Å²) in [6.45, 7) is 11.9. The van der Waals surface area contributed by atoms with Crippen molar-refractivity contribution in [2.45, 2.75) is 78.6 Å². The summed E-state index contributed by atoms with van der Waals surface area (Å²) in [6, 6.07) is 0. The third-order valence-electron chi connectivity index (χ3n) is 2.48. The second-order valence-corrected chi connectivity index (χ2v) is 5.78. The van der Waals surface area contributed by atoms with Gasteiger partial charge in [0.25, 0.3) is 0 Å². The molecule has 0 aromatic rings. The highest BCUT2D eigenvalue weighted by Crippen LogP contribution is 2.23. The Balaban J connectivity index is 3.97. The van der Waals surface area contributed by atoms with Gasteiger partial charge in [-0.05, 0) is 39.5 Å². The van der Waals surface area contributed by atoms with E-state index < -0.39 is 5.79 Å². The van der Waals surface area contributed by atoms with Gasteiger partial charge < -0.3 is 5.11 Å². The van der Waals surface area contributed by atoms with Crippen LogP contribution in [0.3, 0.4) is 0 Å². The molecule has 0 aliphatic carbocycles. The molecule has 0 radical (unpaired) electrons. The molecule has 16 heavy (non-hydrogen) atoms. The first-order valence-corrected chi connectivity index (χ1v) is 6.28. The van der Waals surface area contributed by atoms with Gasteiger partial charge in [0.05, 0.1) is 5.60 Å². The average molecular weight is 232 g/mol. The van der Waals surface area contributed by atoms with Crippen LogP contribution < -0.4 is 0 Å². The quantitative estimate of drug-likeness (QED) is 0.394. The van der Waals surface area contributed by atoms with E-state index in [1.165, 1.54) is 0 Å². The number of rotatable bonds is 8. The molecular weight excluding hydrogens is 204 g/mol. The summed E-state index contributed by atoms with van der Waals surface area (Å²) < 4.78 is 0. The predicted molar refractivity (Wildman–Crippen MR) is 65.9 cm³/mol. The summed E-state index contributed by atoms with van der Waals surface area (Å²) in [7, 11) is 0. The molecule has 1 atom stereocenters. The fourth-order valence-corrected chi connectivity index (χ4v) is 1.44. The normalized spacial score (nSPS) is 16.5. The van der Waals surface area contributed by atoms with Crippen molar-refractivity contribution in [2.75, 3.05) is 0 Å². The molecule has 1 N–H and O–H groups in total. The van der Waals surface area contributed by atoms with Gasteiger partial charge in [-0.2, -0.15) is 0 Å². The maximum absolute atomic E-state index is 9.95.